The molecule has 4 nitrogen and oxygen atoms in total. The predicted molar refractivity (Wildman–Crippen MR) is 59.9 cm³/mol. The van der Waals surface area contributed by atoms with Crippen molar-refractivity contribution < 1.29 is 14.3 Å². The third-order valence-corrected chi connectivity index (χ3v) is 2.53. The van der Waals surface area contributed by atoms with Crippen molar-refractivity contribution in [2.45, 2.75) is 25.3 Å². The Balaban J connectivity index is 2.40. The van der Waals surface area contributed by atoms with Crippen LogP contribution >= 0.6 is 11.8 Å². The molecule has 1 unspecified atom stereocenters. The Morgan fingerprint density at radius 3 is 2.87 bits per heavy atom. The molecule has 0 aromatic carbocycles. The summed E-state index contributed by atoms with van der Waals surface area (Å²) in [6.07, 6.45) is 2.01. The van der Waals surface area contributed by atoms with E-state index in [0.29, 0.717) is 6.54 Å². The largest absolute Gasteiger partial charge is 0.480 e. The highest BCUT2D eigenvalue weighted by Crippen LogP contribution is 2.13. The van der Waals surface area contributed by atoms with Crippen LogP contribution in [0.1, 0.15) is 18.4 Å². The van der Waals surface area contributed by atoms with Gasteiger partial charge in [-0.2, -0.15) is 11.8 Å². The summed E-state index contributed by atoms with van der Waals surface area (Å²) in [6.45, 7) is 2.05. The second kappa shape index (κ2) is 5.82. The van der Waals surface area contributed by atoms with E-state index in [2.05, 4.69) is 5.32 Å². The lowest BCUT2D eigenvalue weighted by Crippen LogP contribution is -2.32. The standard InChI is InChI=1S/C10H15NO3S/c1-7(10(12)13)11-5-8-3-4-9(14-8)6-15-2/h3-4,7,11H,5-6H2,1-2H3,(H,12,13). The van der Waals surface area contributed by atoms with E-state index < -0.39 is 12.0 Å². The van der Waals surface area contributed by atoms with E-state index in [-0.39, 0.29) is 0 Å². The maximum atomic E-state index is 10.5. The number of rotatable bonds is 6. The minimum absolute atomic E-state index is 0.446. The summed E-state index contributed by atoms with van der Waals surface area (Å²) < 4.78 is 5.48. The van der Waals surface area contributed by atoms with Crippen LogP contribution < -0.4 is 5.32 Å². The fourth-order valence-electron chi connectivity index (χ4n) is 1.08. The SMILES string of the molecule is CSCc1ccc(CNC(C)C(=O)O)o1. The van der Waals surface area contributed by atoms with Gasteiger partial charge in [-0.25, -0.2) is 0 Å². The third-order valence-electron chi connectivity index (χ3n) is 1.96. The van der Waals surface area contributed by atoms with E-state index in [1.165, 1.54) is 0 Å². The first kappa shape index (κ1) is 12.1. The Morgan fingerprint density at radius 1 is 1.60 bits per heavy atom. The summed E-state index contributed by atoms with van der Waals surface area (Å²) in [4.78, 5) is 10.5. The second-order valence-corrected chi connectivity index (χ2v) is 4.11. The van der Waals surface area contributed by atoms with Crippen molar-refractivity contribution in [2.75, 3.05) is 6.26 Å². The van der Waals surface area contributed by atoms with Gasteiger partial charge in [0.1, 0.15) is 17.6 Å². The molecule has 1 atom stereocenters. The number of furan rings is 1. The van der Waals surface area contributed by atoms with E-state index in [9.17, 15) is 4.79 Å². The van der Waals surface area contributed by atoms with Crippen molar-refractivity contribution in [1.82, 2.24) is 5.32 Å². The zero-order chi connectivity index (χ0) is 11.3. The zero-order valence-electron chi connectivity index (χ0n) is 8.82. The Labute approximate surface area is 93.0 Å². The van der Waals surface area contributed by atoms with E-state index in [1.807, 2.05) is 18.4 Å². The number of carboxylic acids is 1. The van der Waals surface area contributed by atoms with Gasteiger partial charge in [0.25, 0.3) is 0 Å². The molecule has 0 bridgehead atoms. The molecule has 5 heteroatoms. The van der Waals surface area contributed by atoms with Crippen molar-refractivity contribution in [3.63, 3.8) is 0 Å². The Bertz CT molecular complexity index is 324. The fourth-order valence-corrected chi connectivity index (χ4v) is 1.52. The van der Waals surface area contributed by atoms with Gasteiger partial charge in [-0.15, -0.1) is 0 Å². The average Bonchev–Trinajstić information content (AvgIpc) is 2.62. The molecular weight excluding hydrogens is 214 g/mol. The van der Waals surface area contributed by atoms with Crippen molar-refractivity contribution in [3.05, 3.63) is 23.7 Å². The van der Waals surface area contributed by atoms with E-state index >= 15 is 0 Å². The molecule has 1 rings (SSSR count). The monoisotopic (exact) mass is 229 g/mol. The Morgan fingerprint density at radius 2 is 2.27 bits per heavy atom. The first-order valence-electron chi connectivity index (χ1n) is 4.66. The van der Waals surface area contributed by atoms with Crippen LogP contribution in [-0.2, 0) is 17.1 Å². The first-order chi connectivity index (χ1) is 7.13. The minimum atomic E-state index is -0.856. The molecule has 2 N–H and O–H groups in total. The van der Waals surface area contributed by atoms with Crippen LogP contribution in [0.15, 0.2) is 16.5 Å². The van der Waals surface area contributed by atoms with Crippen molar-refractivity contribution in [3.8, 4) is 0 Å². The van der Waals surface area contributed by atoms with Gasteiger partial charge in [-0.05, 0) is 25.3 Å². The molecule has 0 aliphatic rings. The smallest absolute Gasteiger partial charge is 0.320 e. The number of carboxylic acid groups (broad SMARTS) is 1. The normalized spacial score (nSPS) is 12.7. The van der Waals surface area contributed by atoms with Crippen LogP contribution in [0.3, 0.4) is 0 Å². The minimum Gasteiger partial charge on any atom is -0.480 e. The Hall–Kier alpha value is -0.940. The number of thioether (sulfide) groups is 1. The summed E-state index contributed by atoms with van der Waals surface area (Å²) in [5, 5.41) is 11.5. The molecule has 15 heavy (non-hydrogen) atoms. The molecule has 0 aliphatic heterocycles. The van der Waals surface area contributed by atoms with Crippen LogP contribution in [0.4, 0.5) is 0 Å². The maximum absolute atomic E-state index is 10.5. The number of hydrogen-bond acceptors (Lipinski definition) is 4. The second-order valence-electron chi connectivity index (χ2n) is 3.24. The van der Waals surface area contributed by atoms with E-state index in [4.69, 9.17) is 9.52 Å². The van der Waals surface area contributed by atoms with E-state index in [1.54, 1.807) is 18.7 Å². The van der Waals surface area contributed by atoms with Crippen LogP contribution in [0.5, 0.6) is 0 Å². The lowest BCUT2D eigenvalue weighted by Gasteiger charge is -2.06. The molecular formula is C10H15NO3S. The molecule has 0 spiro atoms. The van der Waals surface area contributed by atoms with Crippen molar-refractivity contribution in [2.24, 2.45) is 0 Å². The highest BCUT2D eigenvalue weighted by molar-refractivity contribution is 7.97. The van der Waals surface area contributed by atoms with E-state index in [0.717, 1.165) is 17.3 Å². The fraction of sp³-hybridized carbons (Fsp3) is 0.500. The summed E-state index contributed by atoms with van der Waals surface area (Å²) >= 11 is 1.69. The molecule has 0 fully saturated rings. The summed E-state index contributed by atoms with van der Waals surface area (Å²) in [5.74, 6) is 1.68. The van der Waals surface area contributed by atoms with Gasteiger partial charge in [0.15, 0.2) is 0 Å². The van der Waals surface area contributed by atoms with Gasteiger partial charge in [-0.3, -0.25) is 10.1 Å². The summed E-state index contributed by atoms with van der Waals surface area (Å²) in [7, 11) is 0. The molecule has 0 saturated carbocycles. The lowest BCUT2D eigenvalue weighted by atomic mass is 10.3. The quantitative estimate of drug-likeness (QED) is 0.777. The van der Waals surface area contributed by atoms with Gasteiger partial charge in [0.2, 0.25) is 0 Å². The molecule has 1 aromatic rings. The van der Waals surface area contributed by atoms with Crippen LogP contribution in [0, 0.1) is 0 Å². The van der Waals surface area contributed by atoms with Crippen LogP contribution in [0.2, 0.25) is 0 Å². The molecule has 84 valence electrons. The number of hydrogen-bond donors (Lipinski definition) is 2. The highest BCUT2D eigenvalue weighted by atomic mass is 32.2. The van der Waals surface area contributed by atoms with Gasteiger partial charge in [0, 0.05) is 0 Å². The van der Waals surface area contributed by atoms with Gasteiger partial charge in [0.05, 0.1) is 12.3 Å². The van der Waals surface area contributed by atoms with Gasteiger partial charge < -0.3 is 9.52 Å². The van der Waals surface area contributed by atoms with Crippen molar-refractivity contribution in [1.29, 1.82) is 0 Å². The Kier molecular flexibility index (Phi) is 4.71. The predicted octanol–water partition coefficient (Wildman–Crippen LogP) is 1.71. The first-order valence-corrected chi connectivity index (χ1v) is 6.05. The molecule has 1 aromatic heterocycles. The molecule has 0 saturated heterocycles. The topological polar surface area (TPSA) is 62.5 Å². The summed E-state index contributed by atoms with van der Waals surface area (Å²) in [5.41, 5.74) is 0. The number of aliphatic carboxylic acids is 1. The maximum Gasteiger partial charge on any atom is 0.320 e. The van der Waals surface area contributed by atoms with Crippen LogP contribution in [-0.4, -0.2) is 23.4 Å². The third kappa shape index (κ3) is 3.97. The number of nitrogens with one attached hydrogen (secondary N) is 1. The molecule has 0 amide bonds. The van der Waals surface area contributed by atoms with Crippen molar-refractivity contribution >= 4 is 17.7 Å². The van der Waals surface area contributed by atoms with Crippen LogP contribution in [0.25, 0.3) is 0 Å². The lowest BCUT2D eigenvalue weighted by molar-refractivity contribution is -0.139. The average molecular weight is 229 g/mol. The number of carbonyl (C=O) groups is 1. The zero-order valence-corrected chi connectivity index (χ0v) is 9.63. The van der Waals surface area contributed by atoms with Gasteiger partial charge in [-0.1, -0.05) is 0 Å². The summed E-state index contributed by atoms with van der Waals surface area (Å²) in [6, 6.07) is 3.23. The molecule has 0 radical (unpaired) electrons. The molecule has 0 aliphatic carbocycles. The molecule has 1 heterocycles. The highest BCUT2D eigenvalue weighted by Gasteiger charge is 2.10. The van der Waals surface area contributed by atoms with Gasteiger partial charge >= 0.3 is 5.97 Å².